The van der Waals surface area contributed by atoms with Gasteiger partial charge in [-0.3, -0.25) is 0 Å². The van der Waals surface area contributed by atoms with Crippen molar-refractivity contribution < 1.29 is 9.62 Å². The summed E-state index contributed by atoms with van der Waals surface area (Å²) in [4.78, 5) is 0. The van der Waals surface area contributed by atoms with Crippen molar-refractivity contribution in [3.63, 3.8) is 0 Å². The van der Waals surface area contributed by atoms with Gasteiger partial charge in [-0.1, -0.05) is 5.16 Å². The Balaban J connectivity index is 2.35. The lowest BCUT2D eigenvalue weighted by Gasteiger charge is -2.10. The van der Waals surface area contributed by atoms with Crippen molar-refractivity contribution in [3.05, 3.63) is 24.2 Å². The fourth-order valence-corrected chi connectivity index (χ4v) is 0.901. The normalized spacial score (nSPS) is 14.5. The molecule has 1 aromatic heterocycles. The summed E-state index contributed by atoms with van der Waals surface area (Å²) in [6, 6.07) is 3.79. The fraction of sp³-hybridized carbons (Fsp3) is 0.444. The Morgan fingerprint density at radius 1 is 1.77 bits per heavy atom. The van der Waals surface area contributed by atoms with Crippen molar-refractivity contribution in [2.24, 2.45) is 5.16 Å². The number of hydrogen-bond donors (Lipinski definition) is 2. The maximum absolute atomic E-state index is 8.49. The van der Waals surface area contributed by atoms with E-state index in [1.165, 1.54) is 0 Å². The molecule has 1 unspecified atom stereocenters. The van der Waals surface area contributed by atoms with Crippen LogP contribution in [0.15, 0.2) is 28.0 Å². The van der Waals surface area contributed by atoms with E-state index in [-0.39, 0.29) is 6.04 Å². The van der Waals surface area contributed by atoms with Crippen molar-refractivity contribution in [2.45, 2.75) is 26.4 Å². The van der Waals surface area contributed by atoms with Gasteiger partial charge < -0.3 is 14.9 Å². The van der Waals surface area contributed by atoms with Gasteiger partial charge in [-0.2, -0.15) is 0 Å². The first-order valence-corrected chi connectivity index (χ1v) is 4.18. The fourth-order valence-electron chi connectivity index (χ4n) is 0.901. The van der Waals surface area contributed by atoms with Gasteiger partial charge in [-0.05, 0) is 26.0 Å². The third-order valence-electron chi connectivity index (χ3n) is 1.95. The number of nitrogens with one attached hydrogen (secondary N) is 1. The molecule has 0 amide bonds. The molecule has 0 aliphatic heterocycles. The maximum atomic E-state index is 8.49. The maximum Gasteiger partial charge on any atom is 0.117 e. The number of hydrogen-bond acceptors (Lipinski definition) is 4. The largest absolute Gasteiger partial charge is 0.468 e. The van der Waals surface area contributed by atoms with E-state index in [0.29, 0.717) is 12.3 Å². The molecule has 0 aliphatic rings. The molecule has 0 spiro atoms. The van der Waals surface area contributed by atoms with Gasteiger partial charge in [0.25, 0.3) is 0 Å². The molecule has 2 N–H and O–H groups in total. The summed E-state index contributed by atoms with van der Waals surface area (Å²) < 4.78 is 5.13. The van der Waals surface area contributed by atoms with Crippen LogP contribution in [-0.4, -0.2) is 17.0 Å². The molecule has 1 rings (SSSR count). The Hall–Kier alpha value is -1.29. The molecule has 13 heavy (non-hydrogen) atoms. The van der Waals surface area contributed by atoms with Crippen molar-refractivity contribution in [2.75, 3.05) is 0 Å². The van der Waals surface area contributed by atoms with Gasteiger partial charge in [-0.15, -0.1) is 0 Å². The molecule has 0 fully saturated rings. The lowest BCUT2D eigenvalue weighted by molar-refractivity contribution is 0.315. The number of oxime groups is 1. The minimum atomic E-state index is 0.0510. The Bertz CT molecular complexity index is 267. The SMILES string of the molecule is C/C(=N\O)C(C)NCc1ccco1. The highest BCUT2D eigenvalue weighted by atomic mass is 16.4. The highest BCUT2D eigenvalue weighted by Gasteiger charge is 2.05. The second-order valence-corrected chi connectivity index (χ2v) is 2.92. The second-order valence-electron chi connectivity index (χ2n) is 2.92. The minimum absolute atomic E-state index is 0.0510. The number of rotatable bonds is 4. The van der Waals surface area contributed by atoms with E-state index in [1.807, 2.05) is 19.1 Å². The highest BCUT2D eigenvalue weighted by molar-refractivity contribution is 5.86. The molecule has 0 aliphatic carbocycles. The van der Waals surface area contributed by atoms with Crippen molar-refractivity contribution in [1.29, 1.82) is 0 Å². The van der Waals surface area contributed by atoms with Crippen molar-refractivity contribution in [1.82, 2.24) is 5.32 Å². The summed E-state index contributed by atoms with van der Waals surface area (Å²) >= 11 is 0. The zero-order chi connectivity index (χ0) is 9.68. The molecule has 1 aromatic rings. The zero-order valence-corrected chi connectivity index (χ0v) is 7.82. The molecular weight excluding hydrogens is 168 g/mol. The van der Waals surface area contributed by atoms with E-state index >= 15 is 0 Å². The van der Waals surface area contributed by atoms with Gasteiger partial charge in [0.2, 0.25) is 0 Å². The summed E-state index contributed by atoms with van der Waals surface area (Å²) in [6.45, 7) is 4.33. The molecular formula is C9H14N2O2. The van der Waals surface area contributed by atoms with Crippen LogP contribution in [0.3, 0.4) is 0 Å². The Morgan fingerprint density at radius 2 is 2.54 bits per heavy atom. The summed E-state index contributed by atoms with van der Waals surface area (Å²) in [6.07, 6.45) is 1.63. The van der Waals surface area contributed by atoms with Crippen molar-refractivity contribution >= 4 is 5.71 Å². The molecule has 72 valence electrons. The van der Waals surface area contributed by atoms with Gasteiger partial charge in [0, 0.05) is 6.04 Å². The Kier molecular flexibility index (Phi) is 3.52. The molecule has 0 bridgehead atoms. The molecule has 1 atom stereocenters. The van der Waals surface area contributed by atoms with Crippen LogP contribution in [0.25, 0.3) is 0 Å². The van der Waals surface area contributed by atoms with E-state index < -0.39 is 0 Å². The smallest absolute Gasteiger partial charge is 0.117 e. The van der Waals surface area contributed by atoms with Crippen LogP contribution in [0.1, 0.15) is 19.6 Å². The topological polar surface area (TPSA) is 57.8 Å². The van der Waals surface area contributed by atoms with E-state index in [9.17, 15) is 0 Å². The molecule has 0 saturated heterocycles. The van der Waals surface area contributed by atoms with Gasteiger partial charge in [0.1, 0.15) is 5.76 Å². The predicted molar refractivity (Wildman–Crippen MR) is 49.9 cm³/mol. The van der Waals surface area contributed by atoms with Crippen LogP contribution >= 0.6 is 0 Å². The van der Waals surface area contributed by atoms with Gasteiger partial charge in [-0.25, -0.2) is 0 Å². The van der Waals surface area contributed by atoms with Crippen LogP contribution in [0.4, 0.5) is 0 Å². The van der Waals surface area contributed by atoms with E-state index in [0.717, 1.165) is 5.76 Å². The van der Waals surface area contributed by atoms with E-state index in [2.05, 4.69) is 10.5 Å². The van der Waals surface area contributed by atoms with Crippen molar-refractivity contribution in [3.8, 4) is 0 Å². The quantitative estimate of drug-likeness (QED) is 0.422. The van der Waals surface area contributed by atoms with E-state index in [4.69, 9.17) is 9.62 Å². The third-order valence-corrected chi connectivity index (χ3v) is 1.95. The predicted octanol–water partition coefficient (Wildman–Crippen LogP) is 1.61. The van der Waals surface area contributed by atoms with E-state index in [1.54, 1.807) is 13.2 Å². The lowest BCUT2D eigenvalue weighted by atomic mass is 10.2. The van der Waals surface area contributed by atoms with Crippen LogP contribution < -0.4 is 5.32 Å². The average Bonchev–Trinajstić information content (AvgIpc) is 2.65. The standard InChI is InChI=1S/C9H14N2O2/c1-7(8(2)11-12)10-6-9-4-3-5-13-9/h3-5,7,10,12H,6H2,1-2H3/b11-8+. The first-order valence-electron chi connectivity index (χ1n) is 4.18. The molecule has 4 heteroatoms. The van der Waals surface area contributed by atoms with Crippen LogP contribution in [0.5, 0.6) is 0 Å². The monoisotopic (exact) mass is 182 g/mol. The molecule has 0 aromatic carbocycles. The second kappa shape index (κ2) is 4.67. The summed E-state index contributed by atoms with van der Waals surface area (Å²) in [5.41, 5.74) is 0.659. The molecule has 4 nitrogen and oxygen atoms in total. The minimum Gasteiger partial charge on any atom is -0.468 e. The summed E-state index contributed by atoms with van der Waals surface area (Å²) in [5.74, 6) is 0.873. The summed E-state index contributed by atoms with van der Waals surface area (Å²) in [7, 11) is 0. The number of furan rings is 1. The van der Waals surface area contributed by atoms with Crippen LogP contribution in [-0.2, 0) is 6.54 Å². The first-order chi connectivity index (χ1) is 6.24. The number of nitrogens with zero attached hydrogens (tertiary/aromatic N) is 1. The zero-order valence-electron chi connectivity index (χ0n) is 7.82. The Morgan fingerprint density at radius 3 is 3.08 bits per heavy atom. The van der Waals surface area contributed by atoms with Gasteiger partial charge >= 0.3 is 0 Å². The molecule has 0 radical (unpaired) electrons. The summed E-state index contributed by atoms with van der Waals surface area (Å²) in [5, 5.41) is 14.7. The highest BCUT2D eigenvalue weighted by Crippen LogP contribution is 1.99. The van der Waals surface area contributed by atoms with Gasteiger partial charge in [0.05, 0.1) is 18.5 Å². The Labute approximate surface area is 77.2 Å². The van der Waals surface area contributed by atoms with Crippen LogP contribution in [0.2, 0.25) is 0 Å². The average molecular weight is 182 g/mol. The third kappa shape index (κ3) is 2.91. The van der Waals surface area contributed by atoms with Gasteiger partial charge in [0.15, 0.2) is 0 Å². The molecule has 1 heterocycles. The lowest BCUT2D eigenvalue weighted by Crippen LogP contribution is -2.31. The van der Waals surface area contributed by atoms with Crippen LogP contribution in [0, 0.1) is 0 Å². The first kappa shape index (κ1) is 9.80. The molecule has 0 saturated carbocycles.